The number of hydroxylamine groups is 6. The Hall–Kier alpha value is -1.83. The Morgan fingerprint density at radius 1 is 0.524 bits per heavy atom. The van der Waals surface area contributed by atoms with E-state index < -0.39 is 33.2 Å². The van der Waals surface area contributed by atoms with Crippen LogP contribution in [0.4, 0.5) is 5.95 Å². The van der Waals surface area contributed by atoms with Crippen molar-refractivity contribution in [3.8, 4) is 12.0 Å². The number of nitrogens with one attached hydrogen (secondary N) is 1. The molecule has 0 aliphatic carbocycles. The van der Waals surface area contributed by atoms with E-state index in [0.717, 1.165) is 10.1 Å². The third-order valence-corrected chi connectivity index (χ3v) is 9.17. The van der Waals surface area contributed by atoms with Crippen LogP contribution in [0.5, 0.6) is 12.0 Å². The highest BCUT2D eigenvalue weighted by Gasteiger charge is 2.49. The summed E-state index contributed by atoms with van der Waals surface area (Å²) in [7, 11) is 0. The molecule has 3 radical (unpaired) electrons. The van der Waals surface area contributed by atoms with Crippen LogP contribution in [0.15, 0.2) is 0 Å². The lowest BCUT2D eigenvalue weighted by Gasteiger charge is -2.50. The Kier molecular flexibility index (Phi) is 8.39. The van der Waals surface area contributed by atoms with E-state index in [2.05, 4.69) is 20.3 Å². The van der Waals surface area contributed by atoms with Gasteiger partial charge in [-0.1, -0.05) is 0 Å². The fraction of sp³-hybridized carbons (Fsp3) is 0.900. The number of piperidine rings is 3. The van der Waals surface area contributed by atoms with E-state index >= 15 is 0 Å². The first-order valence-corrected chi connectivity index (χ1v) is 15.2. The van der Waals surface area contributed by atoms with Gasteiger partial charge in [-0.05, 0) is 95.9 Å². The van der Waals surface area contributed by atoms with Gasteiger partial charge in [0.25, 0.3) is 0 Å². The summed E-state index contributed by atoms with van der Waals surface area (Å²) in [5.74, 6) is 0.311. The molecule has 0 aromatic carbocycles. The van der Waals surface area contributed by atoms with Crippen molar-refractivity contribution < 1.29 is 25.1 Å². The van der Waals surface area contributed by atoms with Crippen LogP contribution in [0.1, 0.15) is 122 Å². The molecule has 1 aromatic heterocycles. The molecule has 1 N–H and O–H groups in total. The predicted octanol–water partition coefficient (Wildman–Crippen LogP) is 5.14. The van der Waals surface area contributed by atoms with Gasteiger partial charge in [-0.15, -0.1) is 35.8 Å². The molecule has 0 unspecified atom stereocenters. The molecule has 3 aliphatic rings. The highest BCUT2D eigenvalue weighted by molar-refractivity contribution is 5.30. The normalized spacial score (nSPS) is 28.4. The first-order chi connectivity index (χ1) is 18.9. The van der Waals surface area contributed by atoms with E-state index in [9.17, 15) is 15.6 Å². The Balaban J connectivity index is 1.63. The monoisotopic (exact) mass is 590 g/mol. The molecule has 237 valence electrons. The Morgan fingerprint density at radius 3 is 1.12 bits per heavy atom. The van der Waals surface area contributed by atoms with Gasteiger partial charge < -0.3 is 14.8 Å². The Labute approximate surface area is 251 Å². The van der Waals surface area contributed by atoms with Gasteiger partial charge in [0.15, 0.2) is 0 Å². The molecule has 3 saturated heterocycles. The van der Waals surface area contributed by atoms with Crippen LogP contribution in [0.3, 0.4) is 0 Å². The van der Waals surface area contributed by atoms with Crippen LogP contribution in [-0.2, 0) is 15.6 Å². The Bertz CT molecular complexity index is 935. The van der Waals surface area contributed by atoms with Crippen molar-refractivity contribution in [1.82, 2.24) is 30.1 Å². The van der Waals surface area contributed by atoms with Crippen LogP contribution < -0.4 is 14.8 Å². The van der Waals surface area contributed by atoms with Crippen molar-refractivity contribution in [1.29, 1.82) is 0 Å². The van der Waals surface area contributed by atoms with Gasteiger partial charge >= 0.3 is 12.0 Å². The largest absolute Gasteiger partial charge is 0.460 e. The summed E-state index contributed by atoms with van der Waals surface area (Å²) in [4.78, 5) is 13.8. The molecule has 0 spiro atoms. The minimum atomic E-state index is -0.618. The van der Waals surface area contributed by atoms with Crippen molar-refractivity contribution in [2.24, 2.45) is 0 Å². The lowest BCUT2D eigenvalue weighted by atomic mass is 9.79. The van der Waals surface area contributed by atoms with Crippen molar-refractivity contribution in [2.45, 2.75) is 173 Å². The van der Waals surface area contributed by atoms with E-state index in [0.29, 0.717) is 44.5 Å². The first-order valence-electron chi connectivity index (χ1n) is 15.2. The zero-order chi connectivity index (χ0) is 31.7. The molecule has 12 heteroatoms. The number of anilines is 1. The average molecular weight is 591 g/mol. The lowest BCUT2D eigenvalue weighted by Crippen LogP contribution is -2.60. The standard InChI is InChI=1S/C30H52N7O5/c1-25(2)13-19(14-26(3,4)35(25)38)31-22-32-23(41-20-15-27(5,6)36(39)28(7,8)16-20)34-24(33-22)42-21-17-29(9,10)37(40)30(11,12)18-21/h19-21H,13-18H2,1-12H3,(H,31,32,33,34). The average Bonchev–Trinajstić information content (AvgIpc) is 2.78. The fourth-order valence-electron chi connectivity index (χ4n) is 7.86. The molecule has 0 saturated carbocycles. The second kappa shape index (κ2) is 10.7. The summed E-state index contributed by atoms with van der Waals surface area (Å²) in [6.45, 7) is 23.2. The van der Waals surface area contributed by atoms with Crippen LogP contribution >= 0.6 is 0 Å². The van der Waals surface area contributed by atoms with Crippen LogP contribution in [-0.4, -0.2) is 81.6 Å². The smallest absolute Gasteiger partial charge is 0.324 e. The van der Waals surface area contributed by atoms with E-state index in [4.69, 9.17) is 9.47 Å². The van der Waals surface area contributed by atoms with E-state index in [1.165, 1.54) is 5.06 Å². The maximum absolute atomic E-state index is 12.9. The van der Waals surface area contributed by atoms with Crippen LogP contribution in [0, 0.1) is 0 Å². The minimum Gasteiger partial charge on any atom is -0.460 e. The van der Waals surface area contributed by atoms with Crippen molar-refractivity contribution in [3.63, 3.8) is 0 Å². The SMILES string of the molecule is CC1(C)CC(Nc2nc(OC3CC(C)(C)N([O])C(C)(C)C3)nc(OC3CC(C)(C)N([O])C(C)(C)C3)n2)CC(C)(C)N1[O]. The summed E-state index contributed by atoms with van der Waals surface area (Å²) in [5.41, 5.74) is -3.62. The first kappa shape index (κ1) is 33.1. The number of rotatable bonds is 6. The maximum atomic E-state index is 12.9. The molecule has 0 amide bonds. The van der Waals surface area contributed by atoms with Crippen molar-refractivity contribution in [3.05, 3.63) is 0 Å². The predicted molar refractivity (Wildman–Crippen MR) is 156 cm³/mol. The number of nitrogens with zero attached hydrogens (tertiary/aromatic N) is 6. The van der Waals surface area contributed by atoms with E-state index in [1.807, 2.05) is 83.1 Å². The maximum Gasteiger partial charge on any atom is 0.324 e. The molecule has 12 nitrogen and oxygen atoms in total. The summed E-state index contributed by atoms with van der Waals surface area (Å²) in [6.07, 6.45) is 2.69. The molecular weight excluding hydrogens is 538 g/mol. The lowest BCUT2D eigenvalue weighted by molar-refractivity contribution is -0.297. The van der Waals surface area contributed by atoms with Gasteiger partial charge in [-0.25, -0.2) is 0 Å². The number of hydrogen-bond donors (Lipinski definition) is 1. The topological polar surface area (TPSA) is 139 Å². The zero-order valence-corrected chi connectivity index (χ0v) is 27.7. The summed E-state index contributed by atoms with van der Waals surface area (Å²) in [6, 6.07) is 0.183. The number of hydrogen-bond acceptors (Lipinski definition) is 9. The molecule has 42 heavy (non-hydrogen) atoms. The summed E-state index contributed by atoms with van der Waals surface area (Å²) < 4.78 is 12.7. The van der Waals surface area contributed by atoms with Gasteiger partial charge in [0, 0.05) is 65.0 Å². The number of ether oxygens (including phenoxy) is 2. The molecule has 4 heterocycles. The Morgan fingerprint density at radius 2 is 0.810 bits per heavy atom. The van der Waals surface area contributed by atoms with Gasteiger partial charge in [0.1, 0.15) is 12.2 Å². The van der Waals surface area contributed by atoms with Crippen LogP contribution in [0.25, 0.3) is 0 Å². The second-order valence-electron chi connectivity index (χ2n) is 16.5. The molecule has 0 atom stereocenters. The quantitative estimate of drug-likeness (QED) is 0.477. The summed E-state index contributed by atoms with van der Waals surface area (Å²) >= 11 is 0. The summed E-state index contributed by atoms with van der Waals surface area (Å²) in [5, 5.41) is 45.7. The highest BCUT2D eigenvalue weighted by Crippen LogP contribution is 2.41. The minimum absolute atomic E-state index is 0.0635. The molecule has 3 fully saturated rings. The van der Waals surface area contributed by atoms with E-state index in [1.54, 1.807) is 0 Å². The van der Waals surface area contributed by atoms with Crippen LogP contribution in [0.2, 0.25) is 0 Å². The second-order valence-corrected chi connectivity index (χ2v) is 16.5. The molecule has 4 rings (SSSR count). The zero-order valence-electron chi connectivity index (χ0n) is 27.7. The third kappa shape index (κ3) is 6.78. The molecule has 1 aromatic rings. The number of aromatic nitrogens is 3. The fourth-order valence-corrected chi connectivity index (χ4v) is 7.86. The molecular formula is C30H52N7O5. The van der Waals surface area contributed by atoms with Crippen molar-refractivity contribution in [2.75, 3.05) is 5.32 Å². The third-order valence-electron chi connectivity index (χ3n) is 9.17. The van der Waals surface area contributed by atoms with E-state index in [-0.39, 0.29) is 30.3 Å². The van der Waals surface area contributed by atoms with Gasteiger partial charge in [0.05, 0.1) is 0 Å². The van der Waals surface area contributed by atoms with Crippen molar-refractivity contribution >= 4 is 5.95 Å². The van der Waals surface area contributed by atoms with Gasteiger partial charge in [-0.3, -0.25) is 0 Å². The van der Waals surface area contributed by atoms with Gasteiger partial charge in [0.2, 0.25) is 5.95 Å². The molecule has 3 aliphatic heterocycles. The molecule has 0 bridgehead atoms. The highest BCUT2D eigenvalue weighted by atomic mass is 16.5. The van der Waals surface area contributed by atoms with Gasteiger partial charge in [-0.2, -0.15) is 9.97 Å².